The highest BCUT2D eigenvalue weighted by Gasteiger charge is 2.19. The Morgan fingerprint density at radius 2 is 2.28 bits per heavy atom. The molecule has 0 saturated carbocycles. The Bertz CT molecular complexity index is 579. The lowest BCUT2D eigenvalue weighted by Gasteiger charge is -2.08. The van der Waals surface area contributed by atoms with Crippen LogP contribution in [-0.2, 0) is 0 Å². The van der Waals surface area contributed by atoms with E-state index in [1.54, 1.807) is 25.1 Å². The van der Waals surface area contributed by atoms with Crippen LogP contribution in [0, 0.1) is 0 Å². The van der Waals surface area contributed by atoms with Gasteiger partial charge in [0.1, 0.15) is 5.69 Å². The molecule has 0 unspecified atom stereocenters. The number of para-hydroxylation sites is 1. The van der Waals surface area contributed by atoms with Crippen molar-refractivity contribution in [1.82, 2.24) is 15.4 Å². The minimum atomic E-state index is -0.722. The Kier molecular flexibility index (Phi) is 3.13. The van der Waals surface area contributed by atoms with E-state index in [1.807, 2.05) is 0 Å². The molecule has 7 heteroatoms. The van der Waals surface area contributed by atoms with E-state index in [0.717, 1.165) is 0 Å². The van der Waals surface area contributed by atoms with Crippen molar-refractivity contribution in [3.8, 4) is 22.8 Å². The van der Waals surface area contributed by atoms with Gasteiger partial charge in [0.2, 0.25) is 0 Å². The van der Waals surface area contributed by atoms with E-state index in [0.29, 0.717) is 17.9 Å². The molecule has 1 aromatic carbocycles. The Morgan fingerprint density at radius 1 is 1.50 bits per heavy atom. The number of ether oxygens (including phenoxy) is 1. The van der Waals surface area contributed by atoms with Crippen LogP contribution in [0.25, 0.3) is 11.3 Å². The molecule has 0 radical (unpaired) electrons. The second-order valence-electron chi connectivity index (χ2n) is 3.47. The molecular formula is C11H12N4O3. The first-order chi connectivity index (χ1) is 8.65. The molecule has 1 aromatic heterocycles. The predicted molar refractivity (Wildman–Crippen MR) is 63.2 cm³/mol. The summed E-state index contributed by atoms with van der Waals surface area (Å²) in [6.07, 6.45) is 0. The van der Waals surface area contributed by atoms with E-state index in [2.05, 4.69) is 15.4 Å². The van der Waals surface area contributed by atoms with Crippen LogP contribution in [-0.4, -0.2) is 33.0 Å². The number of nitrogens with zero attached hydrogens (tertiary/aromatic N) is 2. The normalized spacial score (nSPS) is 10.3. The number of phenolic OH excluding ortho intramolecular Hbond substituents is 1. The van der Waals surface area contributed by atoms with Crippen LogP contribution >= 0.6 is 0 Å². The van der Waals surface area contributed by atoms with Crippen molar-refractivity contribution in [2.24, 2.45) is 5.73 Å². The summed E-state index contributed by atoms with van der Waals surface area (Å²) in [4.78, 5) is 11.2. The van der Waals surface area contributed by atoms with Crippen molar-refractivity contribution < 1.29 is 14.6 Å². The highest BCUT2D eigenvalue weighted by Crippen LogP contribution is 2.36. The molecule has 18 heavy (non-hydrogen) atoms. The monoisotopic (exact) mass is 248 g/mol. The maximum absolute atomic E-state index is 11.2. The Hall–Kier alpha value is -2.57. The van der Waals surface area contributed by atoms with Gasteiger partial charge in [0, 0.05) is 0 Å². The molecule has 0 aliphatic heterocycles. The fraction of sp³-hybridized carbons (Fsp3) is 0.182. The van der Waals surface area contributed by atoms with E-state index in [1.165, 1.54) is 0 Å². The summed E-state index contributed by atoms with van der Waals surface area (Å²) in [7, 11) is 0. The standard InChI is InChI=1S/C11H12N4O3/c1-2-18-7-5-3-4-6(10(7)16)8-9(11(12)17)14-15-13-8/h3-5,16H,2H2,1H3,(H2,12,17)(H,13,14,15). The van der Waals surface area contributed by atoms with Crippen molar-refractivity contribution in [3.05, 3.63) is 23.9 Å². The second kappa shape index (κ2) is 4.74. The van der Waals surface area contributed by atoms with E-state index >= 15 is 0 Å². The van der Waals surface area contributed by atoms with Crippen molar-refractivity contribution in [2.75, 3.05) is 6.61 Å². The summed E-state index contributed by atoms with van der Waals surface area (Å²) in [6.45, 7) is 2.22. The Labute approximate surface area is 103 Å². The van der Waals surface area contributed by atoms with Gasteiger partial charge in [0.05, 0.1) is 12.2 Å². The summed E-state index contributed by atoms with van der Waals surface area (Å²) >= 11 is 0. The highest BCUT2D eigenvalue weighted by molar-refractivity contribution is 5.97. The number of H-pyrrole nitrogens is 1. The van der Waals surface area contributed by atoms with Gasteiger partial charge in [-0.15, -0.1) is 0 Å². The Morgan fingerprint density at radius 3 is 2.94 bits per heavy atom. The van der Waals surface area contributed by atoms with Gasteiger partial charge >= 0.3 is 0 Å². The minimum absolute atomic E-state index is 0.0288. The van der Waals surface area contributed by atoms with Crippen LogP contribution in [0.1, 0.15) is 17.4 Å². The van der Waals surface area contributed by atoms with Crippen molar-refractivity contribution in [1.29, 1.82) is 0 Å². The van der Waals surface area contributed by atoms with Crippen LogP contribution in [0.5, 0.6) is 11.5 Å². The number of aromatic nitrogens is 3. The van der Waals surface area contributed by atoms with Gasteiger partial charge < -0.3 is 15.6 Å². The number of nitrogens with two attached hydrogens (primary N) is 1. The largest absolute Gasteiger partial charge is 0.504 e. The molecule has 1 amide bonds. The summed E-state index contributed by atoms with van der Waals surface area (Å²) < 4.78 is 5.25. The van der Waals surface area contributed by atoms with Crippen LogP contribution in [0.2, 0.25) is 0 Å². The number of hydrogen-bond donors (Lipinski definition) is 3. The molecule has 0 aliphatic rings. The van der Waals surface area contributed by atoms with Crippen LogP contribution in [0.15, 0.2) is 18.2 Å². The quantitative estimate of drug-likeness (QED) is 0.735. The third-order valence-electron chi connectivity index (χ3n) is 2.34. The molecule has 7 nitrogen and oxygen atoms in total. The molecule has 0 atom stereocenters. The lowest BCUT2D eigenvalue weighted by atomic mass is 10.1. The number of amides is 1. The summed E-state index contributed by atoms with van der Waals surface area (Å²) in [5, 5.41) is 19.8. The maximum atomic E-state index is 11.2. The van der Waals surface area contributed by atoms with E-state index in [9.17, 15) is 9.90 Å². The van der Waals surface area contributed by atoms with Crippen molar-refractivity contribution in [3.63, 3.8) is 0 Å². The first-order valence-electron chi connectivity index (χ1n) is 5.30. The van der Waals surface area contributed by atoms with Gasteiger partial charge in [-0.3, -0.25) is 4.79 Å². The fourth-order valence-electron chi connectivity index (χ4n) is 1.58. The molecule has 1 heterocycles. The third-order valence-corrected chi connectivity index (χ3v) is 2.34. The molecule has 0 spiro atoms. The molecular weight excluding hydrogens is 236 g/mol. The number of rotatable bonds is 4. The summed E-state index contributed by atoms with van der Waals surface area (Å²) in [5.74, 6) is -0.510. The molecule has 0 bridgehead atoms. The smallest absolute Gasteiger partial charge is 0.271 e. The van der Waals surface area contributed by atoms with E-state index in [4.69, 9.17) is 10.5 Å². The number of carbonyl (C=O) groups excluding carboxylic acids is 1. The van der Waals surface area contributed by atoms with Crippen LogP contribution < -0.4 is 10.5 Å². The van der Waals surface area contributed by atoms with Gasteiger partial charge in [-0.2, -0.15) is 15.4 Å². The highest BCUT2D eigenvalue weighted by atomic mass is 16.5. The third kappa shape index (κ3) is 1.97. The lowest BCUT2D eigenvalue weighted by Crippen LogP contribution is -2.12. The molecule has 94 valence electrons. The van der Waals surface area contributed by atoms with Gasteiger partial charge in [0.25, 0.3) is 5.91 Å². The average Bonchev–Trinajstić information content (AvgIpc) is 2.81. The van der Waals surface area contributed by atoms with Crippen molar-refractivity contribution in [2.45, 2.75) is 6.92 Å². The number of phenols is 1. The number of aromatic amines is 1. The Balaban J connectivity index is 2.54. The average molecular weight is 248 g/mol. The zero-order valence-corrected chi connectivity index (χ0v) is 9.67. The number of benzene rings is 1. The van der Waals surface area contributed by atoms with E-state index < -0.39 is 5.91 Å². The van der Waals surface area contributed by atoms with Gasteiger partial charge in [-0.25, -0.2) is 0 Å². The first kappa shape index (κ1) is 11.9. The number of carbonyl (C=O) groups is 1. The van der Waals surface area contributed by atoms with Crippen LogP contribution in [0.4, 0.5) is 0 Å². The number of aromatic hydroxyl groups is 1. The maximum Gasteiger partial charge on any atom is 0.271 e. The SMILES string of the molecule is CCOc1cccc(-c2n[nH]nc2C(N)=O)c1O. The predicted octanol–water partition coefficient (Wildman–Crippen LogP) is 0.675. The molecule has 2 rings (SSSR count). The number of primary amides is 1. The molecule has 2 aromatic rings. The second-order valence-corrected chi connectivity index (χ2v) is 3.47. The zero-order chi connectivity index (χ0) is 13.1. The van der Waals surface area contributed by atoms with Gasteiger partial charge in [0.15, 0.2) is 17.2 Å². The molecule has 0 saturated heterocycles. The van der Waals surface area contributed by atoms with Crippen molar-refractivity contribution >= 4 is 5.91 Å². The van der Waals surface area contributed by atoms with Gasteiger partial charge in [-0.1, -0.05) is 6.07 Å². The fourth-order valence-corrected chi connectivity index (χ4v) is 1.58. The van der Waals surface area contributed by atoms with Crippen LogP contribution in [0.3, 0.4) is 0 Å². The van der Waals surface area contributed by atoms with E-state index in [-0.39, 0.29) is 17.1 Å². The van der Waals surface area contributed by atoms with Gasteiger partial charge in [-0.05, 0) is 19.1 Å². The number of nitrogens with one attached hydrogen (secondary N) is 1. The topological polar surface area (TPSA) is 114 Å². The molecule has 0 fully saturated rings. The molecule has 4 N–H and O–H groups in total. The lowest BCUT2D eigenvalue weighted by molar-refractivity contribution is 0.0996. The first-order valence-corrected chi connectivity index (χ1v) is 5.30. The summed E-state index contributed by atoms with van der Waals surface area (Å²) in [5.41, 5.74) is 5.67. The summed E-state index contributed by atoms with van der Waals surface area (Å²) in [6, 6.07) is 4.90. The minimum Gasteiger partial charge on any atom is -0.504 e. The zero-order valence-electron chi connectivity index (χ0n) is 9.67. The number of hydrogen-bond acceptors (Lipinski definition) is 5. The molecule has 0 aliphatic carbocycles.